The summed E-state index contributed by atoms with van der Waals surface area (Å²) < 4.78 is 0. The summed E-state index contributed by atoms with van der Waals surface area (Å²) in [6, 6.07) is 7.08. The van der Waals surface area contributed by atoms with Crippen LogP contribution in [0.15, 0.2) is 24.3 Å². The Bertz CT molecular complexity index is 444. The van der Waals surface area contributed by atoms with Gasteiger partial charge in [-0.25, -0.2) is 0 Å². The van der Waals surface area contributed by atoms with Gasteiger partial charge in [0.25, 0.3) is 0 Å². The monoisotopic (exact) mass is 247 g/mol. The third-order valence-electron chi connectivity index (χ3n) is 2.68. The molecule has 3 heteroatoms. The fraction of sp³-hybridized carbons (Fsp3) is 0.467. The molecule has 3 nitrogen and oxygen atoms in total. The van der Waals surface area contributed by atoms with Crippen LogP contribution in [-0.2, 0) is 4.79 Å². The van der Waals surface area contributed by atoms with Gasteiger partial charge in [-0.15, -0.1) is 0 Å². The van der Waals surface area contributed by atoms with Gasteiger partial charge in [-0.1, -0.05) is 32.9 Å². The zero-order valence-electron chi connectivity index (χ0n) is 11.5. The highest BCUT2D eigenvalue weighted by Crippen LogP contribution is 2.21. The van der Waals surface area contributed by atoms with E-state index in [2.05, 4.69) is 26.1 Å². The normalized spacial score (nSPS) is 11.1. The Morgan fingerprint density at radius 3 is 2.33 bits per heavy atom. The van der Waals surface area contributed by atoms with Crippen molar-refractivity contribution in [3.05, 3.63) is 29.8 Å². The molecule has 0 aliphatic carbocycles. The first-order valence-corrected chi connectivity index (χ1v) is 6.19. The number of amides is 1. The van der Waals surface area contributed by atoms with Crippen molar-refractivity contribution in [1.82, 2.24) is 0 Å². The van der Waals surface area contributed by atoms with Crippen molar-refractivity contribution >= 4 is 17.4 Å². The zero-order valence-corrected chi connectivity index (χ0v) is 11.5. The van der Waals surface area contributed by atoms with Gasteiger partial charge in [0, 0.05) is 12.0 Å². The van der Waals surface area contributed by atoms with Crippen LogP contribution in [0.1, 0.15) is 50.9 Å². The van der Waals surface area contributed by atoms with E-state index in [0.717, 1.165) is 6.42 Å². The van der Waals surface area contributed by atoms with Crippen molar-refractivity contribution in [2.45, 2.75) is 40.5 Å². The lowest BCUT2D eigenvalue weighted by molar-refractivity contribution is -0.116. The minimum Gasteiger partial charge on any atom is -0.325 e. The van der Waals surface area contributed by atoms with E-state index < -0.39 is 0 Å². The predicted molar refractivity (Wildman–Crippen MR) is 73.8 cm³/mol. The Morgan fingerprint density at radius 2 is 1.78 bits per heavy atom. The second-order valence-electron chi connectivity index (χ2n) is 5.71. The van der Waals surface area contributed by atoms with Gasteiger partial charge in [0.15, 0.2) is 5.78 Å². The third kappa shape index (κ3) is 4.70. The summed E-state index contributed by atoms with van der Waals surface area (Å²) in [7, 11) is 0. The molecule has 1 N–H and O–H groups in total. The molecule has 0 saturated carbocycles. The van der Waals surface area contributed by atoms with Crippen LogP contribution in [0.2, 0.25) is 0 Å². The number of carbonyl (C=O) groups excluding carboxylic acids is 2. The van der Waals surface area contributed by atoms with Crippen molar-refractivity contribution in [3.8, 4) is 0 Å². The summed E-state index contributed by atoms with van der Waals surface area (Å²) in [4.78, 5) is 23.2. The lowest BCUT2D eigenvalue weighted by Gasteiger charge is -2.17. The van der Waals surface area contributed by atoms with Gasteiger partial charge in [-0.05, 0) is 30.9 Å². The molecule has 0 fully saturated rings. The van der Waals surface area contributed by atoms with E-state index in [-0.39, 0.29) is 17.1 Å². The van der Waals surface area contributed by atoms with Gasteiger partial charge in [0.05, 0.1) is 5.69 Å². The van der Waals surface area contributed by atoms with Gasteiger partial charge in [-0.2, -0.15) is 0 Å². The van der Waals surface area contributed by atoms with Gasteiger partial charge in [0.2, 0.25) is 5.91 Å². The third-order valence-corrected chi connectivity index (χ3v) is 2.68. The molecule has 0 atom stereocenters. The maximum Gasteiger partial charge on any atom is 0.224 e. The smallest absolute Gasteiger partial charge is 0.224 e. The molecule has 0 heterocycles. The van der Waals surface area contributed by atoms with E-state index in [0.29, 0.717) is 17.7 Å². The Labute approximate surface area is 109 Å². The summed E-state index contributed by atoms with van der Waals surface area (Å²) in [5.41, 5.74) is 1.29. The molecule has 0 aliphatic heterocycles. The lowest BCUT2D eigenvalue weighted by Crippen LogP contribution is -2.16. The maximum atomic E-state index is 11.8. The summed E-state index contributed by atoms with van der Waals surface area (Å²) in [5.74, 6) is -0.0830. The fourth-order valence-corrected chi connectivity index (χ4v) is 1.60. The average molecular weight is 247 g/mol. The fourth-order valence-electron chi connectivity index (χ4n) is 1.60. The summed E-state index contributed by atoms with van der Waals surface area (Å²) in [5, 5.41) is 2.80. The van der Waals surface area contributed by atoms with E-state index in [9.17, 15) is 9.59 Å². The second-order valence-corrected chi connectivity index (χ2v) is 5.71. The quantitative estimate of drug-likeness (QED) is 0.825. The highest BCUT2D eigenvalue weighted by Gasteiger charge is 2.14. The van der Waals surface area contributed by atoms with Crippen LogP contribution in [-0.4, -0.2) is 11.7 Å². The molecule has 1 aromatic carbocycles. The van der Waals surface area contributed by atoms with Crippen molar-refractivity contribution in [2.24, 2.45) is 5.41 Å². The van der Waals surface area contributed by atoms with Crippen LogP contribution >= 0.6 is 0 Å². The van der Waals surface area contributed by atoms with Crippen molar-refractivity contribution in [3.63, 3.8) is 0 Å². The summed E-state index contributed by atoms with van der Waals surface area (Å²) in [6.07, 6.45) is 1.29. The van der Waals surface area contributed by atoms with Crippen molar-refractivity contribution < 1.29 is 9.59 Å². The van der Waals surface area contributed by atoms with Crippen LogP contribution in [0, 0.1) is 5.41 Å². The van der Waals surface area contributed by atoms with Gasteiger partial charge < -0.3 is 5.32 Å². The molecule has 0 spiro atoms. The first-order chi connectivity index (χ1) is 8.29. The van der Waals surface area contributed by atoms with Crippen molar-refractivity contribution in [2.75, 3.05) is 5.32 Å². The van der Waals surface area contributed by atoms with Gasteiger partial charge in [0.1, 0.15) is 0 Å². The van der Waals surface area contributed by atoms with E-state index >= 15 is 0 Å². The van der Waals surface area contributed by atoms with Crippen LogP contribution in [0.25, 0.3) is 0 Å². The molecule has 0 radical (unpaired) electrons. The molecule has 18 heavy (non-hydrogen) atoms. The van der Waals surface area contributed by atoms with Crippen molar-refractivity contribution in [1.29, 1.82) is 0 Å². The number of anilines is 1. The maximum absolute atomic E-state index is 11.8. The average Bonchev–Trinajstić information content (AvgIpc) is 2.26. The number of carbonyl (C=O) groups is 2. The number of benzene rings is 1. The minimum atomic E-state index is -0.0429. The number of ketones is 1. The molecular weight excluding hydrogens is 226 g/mol. The first kappa shape index (κ1) is 14.4. The van der Waals surface area contributed by atoms with Crippen LogP contribution in [0.5, 0.6) is 0 Å². The molecular formula is C15H21NO2. The Morgan fingerprint density at radius 1 is 1.17 bits per heavy atom. The summed E-state index contributed by atoms with van der Waals surface area (Å²) in [6.45, 7) is 7.80. The largest absolute Gasteiger partial charge is 0.325 e. The van der Waals surface area contributed by atoms with E-state index in [1.807, 2.05) is 6.07 Å². The molecule has 0 bridgehead atoms. The van der Waals surface area contributed by atoms with Crippen LogP contribution in [0.4, 0.5) is 5.69 Å². The Balaban J connectivity index is 2.68. The predicted octanol–water partition coefficient (Wildman–Crippen LogP) is 3.65. The molecule has 0 saturated heterocycles. The molecule has 0 aliphatic rings. The zero-order chi connectivity index (χ0) is 13.8. The number of nitrogens with one attached hydrogen (secondary N) is 1. The standard InChI is InChI=1S/C15H21NO2/c1-11(17)12-7-5-6-8-13(12)16-14(18)9-10-15(2,3)4/h5-8H,9-10H2,1-4H3,(H,16,18). The van der Waals surface area contributed by atoms with E-state index in [1.54, 1.807) is 18.2 Å². The highest BCUT2D eigenvalue weighted by molar-refractivity contribution is 6.03. The van der Waals surface area contributed by atoms with Crippen LogP contribution in [0.3, 0.4) is 0 Å². The number of hydrogen-bond donors (Lipinski definition) is 1. The van der Waals surface area contributed by atoms with Crippen LogP contribution < -0.4 is 5.32 Å². The minimum absolute atomic E-state index is 0.0401. The highest BCUT2D eigenvalue weighted by atomic mass is 16.1. The number of para-hydroxylation sites is 1. The Kier molecular flexibility index (Phi) is 4.65. The Hall–Kier alpha value is -1.64. The molecule has 1 rings (SSSR count). The topological polar surface area (TPSA) is 46.2 Å². The second kappa shape index (κ2) is 5.80. The van der Waals surface area contributed by atoms with E-state index in [1.165, 1.54) is 6.92 Å². The molecule has 0 unspecified atom stereocenters. The molecule has 1 aromatic rings. The van der Waals surface area contributed by atoms with E-state index in [4.69, 9.17) is 0 Å². The lowest BCUT2D eigenvalue weighted by atomic mass is 9.90. The molecule has 1 amide bonds. The number of hydrogen-bond acceptors (Lipinski definition) is 2. The number of rotatable bonds is 4. The summed E-state index contributed by atoms with van der Waals surface area (Å²) >= 11 is 0. The molecule has 0 aromatic heterocycles. The number of Topliss-reactive ketones (excluding diaryl/α,β-unsaturated/α-hetero) is 1. The molecule has 98 valence electrons. The SMILES string of the molecule is CC(=O)c1ccccc1NC(=O)CCC(C)(C)C. The van der Waals surface area contributed by atoms with Gasteiger partial charge in [-0.3, -0.25) is 9.59 Å². The van der Waals surface area contributed by atoms with Gasteiger partial charge >= 0.3 is 0 Å². The first-order valence-electron chi connectivity index (χ1n) is 6.19.